The number of fused-ring (bicyclic) bond motifs is 1. The summed E-state index contributed by atoms with van der Waals surface area (Å²) in [6, 6.07) is 14.4. The summed E-state index contributed by atoms with van der Waals surface area (Å²) in [7, 11) is 1.55. The van der Waals surface area contributed by atoms with Gasteiger partial charge in [-0.05, 0) is 42.0 Å². The van der Waals surface area contributed by atoms with Gasteiger partial charge < -0.3 is 9.72 Å². The lowest BCUT2D eigenvalue weighted by Crippen LogP contribution is -2.09. The predicted molar refractivity (Wildman–Crippen MR) is 89.0 cm³/mol. The molecule has 112 valence electrons. The minimum Gasteiger partial charge on any atom is -0.497 e. The maximum Gasteiger partial charge on any atom is 0.259 e. The number of nitrogens with zero attached hydrogens (tertiary/aromatic N) is 2. The molecule has 0 saturated heterocycles. The van der Waals surface area contributed by atoms with Crippen molar-refractivity contribution in [2.75, 3.05) is 7.11 Å². The molecule has 0 aliphatic heterocycles. The molecule has 0 unspecified atom stereocenters. The van der Waals surface area contributed by atoms with Crippen LogP contribution in [0.15, 0.2) is 47.3 Å². The number of nitriles is 1. The standard InChI is InChI=1S/C18H13N3O2/c1-23-14-7-8-16-15(10-14)18(22)21-17(20-16)9-6-12-2-4-13(11-19)5-3-12/h2-10H,1H3,(H,20,21,22)/b9-6+. The zero-order valence-electron chi connectivity index (χ0n) is 12.4. The van der Waals surface area contributed by atoms with Crippen LogP contribution >= 0.6 is 0 Å². The molecule has 0 aliphatic carbocycles. The summed E-state index contributed by atoms with van der Waals surface area (Å²) in [4.78, 5) is 19.3. The van der Waals surface area contributed by atoms with E-state index < -0.39 is 0 Å². The molecular formula is C18H13N3O2. The minimum absolute atomic E-state index is 0.214. The summed E-state index contributed by atoms with van der Waals surface area (Å²) in [6.07, 6.45) is 3.56. The second-order valence-electron chi connectivity index (χ2n) is 4.90. The molecule has 0 saturated carbocycles. The molecule has 23 heavy (non-hydrogen) atoms. The van der Waals surface area contributed by atoms with Gasteiger partial charge in [0.25, 0.3) is 5.56 Å². The topological polar surface area (TPSA) is 78.8 Å². The molecule has 0 fully saturated rings. The Morgan fingerprint density at radius 3 is 2.65 bits per heavy atom. The number of benzene rings is 2. The van der Waals surface area contributed by atoms with Crippen molar-refractivity contribution in [1.82, 2.24) is 9.97 Å². The quantitative estimate of drug-likeness (QED) is 0.806. The molecule has 0 bridgehead atoms. The van der Waals surface area contributed by atoms with Gasteiger partial charge in [0.15, 0.2) is 0 Å². The van der Waals surface area contributed by atoms with E-state index in [0.717, 1.165) is 5.56 Å². The fourth-order valence-corrected chi connectivity index (χ4v) is 2.19. The maximum absolute atomic E-state index is 12.1. The molecular weight excluding hydrogens is 290 g/mol. The van der Waals surface area contributed by atoms with E-state index in [4.69, 9.17) is 10.00 Å². The SMILES string of the molecule is COc1ccc2nc(/C=C/c3ccc(C#N)cc3)[nH]c(=O)c2c1. The van der Waals surface area contributed by atoms with Crippen molar-refractivity contribution in [2.45, 2.75) is 0 Å². The molecule has 1 aromatic heterocycles. The first-order valence-electron chi connectivity index (χ1n) is 6.96. The summed E-state index contributed by atoms with van der Waals surface area (Å²) in [6.45, 7) is 0. The average Bonchev–Trinajstić information content (AvgIpc) is 2.60. The first-order chi connectivity index (χ1) is 11.2. The number of methoxy groups -OCH3 is 1. The maximum atomic E-state index is 12.1. The molecule has 2 aromatic carbocycles. The summed E-state index contributed by atoms with van der Waals surface area (Å²) in [5.74, 6) is 1.09. The summed E-state index contributed by atoms with van der Waals surface area (Å²) >= 11 is 0. The molecule has 3 aromatic rings. The Kier molecular flexibility index (Phi) is 3.89. The number of hydrogen-bond acceptors (Lipinski definition) is 4. The Hall–Kier alpha value is -3.39. The molecule has 0 radical (unpaired) electrons. The van der Waals surface area contributed by atoms with Gasteiger partial charge in [0.2, 0.25) is 0 Å². The normalized spacial score (nSPS) is 10.8. The van der Waals surface area contributed by atoms with E-state index in [9.17, 15) is 4.79 Å². The van der Waals surface area contributed by atoms with Crippen LogP contribution in [0, 0.1) is 11.3 Å². The number of H-pyrrole nitrogens is 1. The number of aromatic nitrogens is 2. The van der Waals surface area contributed by atoms with Gasteiger partial charge in [-0.15, -0.1) is 0 Å². The van der Waals surface area contributed by atoms with Crippen LogP contribution in [0.5, 0.6) is 5.75 Å². The van der Waals surface area contributed by atoms with E-state index in [-0.39, 0.29) is 5.56 Å². The second-order valence-corrected chi connectivity index (χ2v) is 4.90. The van der Waals surface area contributed by atoms with Crippen LogP contribution in [-0.4, -0.2) is 17.1 Å². The van der Waals surface area contributed by atoms with Crippen LogP contribution in [0.2, 0.25) is 0 Å². The second kappa shape index (κ2) is 6.16. The number of nitrogens with one attached hydrogen (secondary N) is 1. The lowest BCUT2D eigenvalue weighted by molar-refractivity contribution is 0.415. The Morgan fingerprint density at radius 1 is 1.17 bits per heavy atom. The molecule has 5 nitrogen and oxygen atoms in total. The van der Waals surface area contributed by atoms with E-state index in [1.807, 2.05) is 18.2 Å². The van der Waals surface area contributed by atoms with Crippen molar-refractivity contribution in [2.24, 2.45) is 0 Å². The highest BCUT2D eigenvalue weighted by Crippen LogP contribution is 2.16. The van der Waals surface area contributed by atoms with Crippen molar-refractivity contribution in [3.05, 3.63) is 69.8 Å². The third kappa shape index (κ3) is 3.11. The smallest absolute Gasteiger partial charge is 0.259 e. The van der Waals surface area contributed by atoms with Gasteiger partial charge in [0, 0.05) is 0 Å². The Bertz CT molecular complexity index is 980. The van der Waals surface area contributed by atoms with E-state index in [2.05, 4.69) is 16.0 Å². The van der Waals surface area contributed by atoms with E-state index >= 15 is 0 Å². The van der Waals surface area contributed by atoms with Crippen LogP contribution < -0.4 is 10.3 Å². The van der Waals surface area contributed by atoms with Crippen molar-refractivity contribution >= 4 is 23.1 Å². The fraction of sp³-hybridized carbons (Fsp3) is 0.0556. The monoisotopic (exact) mass is 303 g/mol. The zero-order valence-corrected chi connectivity index (χ0v) is 12.4. The van der Waals surface area contributed by atoms with Gasteiger partial charge in [0.05, 0.1) is 29.6 Å². The Balaban J connectivity index is 1.95. The molecule has 0 spiro atoms. The van der Waals surface area contributed by atoms with Crippen LogP contribution in [0.1, 0.15) is 17.0 Å². The largest absolute Gasteiger partial charge is 0.497 e. The predicted octanol–water partition coefficient (Wildman–Crippen LogP) is 2.97. The first kappa shape index (κ1) is 14.5. The van der Waals surface area contributed by atoms with Gasteiger partial charge in [-0.2, -0.15) is 5.26 Å². The molecule has 5 heteroatoms. The molecule has 1 N–H and O–H groups in total. The molecule has 0 amide bonds. The summed E-state index contributed by atoms with van der Waals surface area (Å²) in [5, 5.41) is 9.26. The van der Waals surface area contributed by atoms with Crippen molar-refractivity contribution in [1.29, 1.82) is 5.26 Å². The van der Waals surface area contributed by atoms with E-state index in [1.54, 1.807) is 43.5 Å². The number of rotatable bonds is 3. The van der Waals surface area contributed by atoms with Crippen LogP contribution in [-0.2, 0) is 0 Å². The summed E-state index contributed by atoms with van der Waals surface area (Å²) in [5.41, 5.74) is 1.91. The lowest BCUT2D eigenvalue weighted by Gasteiger charge is -2.02. The van der Waals surface area contributed by atoms with E-state index in [1.165, 1.54) is 0 Å². The van der Waals surface area contributed by atoms with Crippen molar-refractivity contribution in [3.8, 4) is 11.8 Å². The van der Waals surface area contributed by atoms with Gasteiger partial charge in [0.1, 0.15) is 11.6 Å². The van der Waals surface area contributed by atoms with Gasteiger partial charge in [-0.25, -0.2) is 4.98 Å². The average molecular weight is 303 g/mol. The Labute approximate surface area is 132 Å². The third-order valence-electron chi connectivity index (χ3n) is 3.40. The van der Waals surface area contributed by atoms with Gasteiger partial charge in [-0.3, -0.25) is 4.79 Å². The third-order valence-corrected chi connectivity index (χ3v) is 3.40. The van der Waals surface area contributed by atoms with Crippen molar-refractivity contribution in [3.63, 3.8) is 0 Å². The van der Waals surface area contributed by atoms with Gasteiger partial charge >= 0.3 is 0 Å². The molecule has 0 atom stereocenters. The highest BCUT2D eigenvalue weighted by atomic mass is 16.5. The van der Waals surface area contributed by atoms with Crippen molar-refractivity contribution < 1.29 is 4.74 Å². The van der Waals surface area contributed by atoms with Crippen LogP contribution in [0.3, 0.4) is 0 Å². The zero-order chi connectivity index (χ0) is 16.2. The fourth-order valence-electron chi connectivity index (χ4n) is 2.19. The number of aromatic amines is 1. The number of ether oxygens (including phenoxy) is 1. The first-order valence-corrected chi connectivity index (χ1v) is 6.96. The van der Waals surface area contributed by atoms with E-state index in [0.29, 0.717) is 28.0 Å². The van der Waals surface area contributed by atoms with Crippen LogP contribution in [0.4, 0.5) is 0 Å². The molecule has 1 heterocycles. The molecule has 3 rings (SSSR count). The Morgan fingerprint density at radius 2 is 1.96 bits per heavy atom. The molecule has 0 aliphatic rings. The van der Waals surface area contributed by atoms with Crippen LogP contribution in [0.25, 0.3) is 23.1 Å². The highest BCUT2D eigenvalue weighted by Gasteiger charge is 2.03. The lowest BCUT2D eigenvalue weighted by atomic mass is 10.1. The minimum atomic E-state index is -0.214. The summed E-state index contributed by atoms with van der Waals surface area (Å²) < 4.78 is 5.11. The van der Waals surface area contributed by atoms with Gasteiger partial charge in [-0.1, -0.05) is 18.2 Å². The highest BCUT2D eigenvalue weighted by molar-refractivity contribution is 5.80. The number of hydrogen-bond donors (Lipinski definition) is 1.